The second kappa shape index (κ2) is 8.83. The first-order valence-electron chi connectivity index (χ1n) is 7.02. The van der Waals surface area contributed by atoms with Crippen LogP contribution in [0.1, 0.15) is 66.2 Å². The molecule has 0 saturated carbocycles. The summed E-state index contributed by atoms with van der Waals surface area (Å²) in [6.45, 7) is 6.91. The van der Waals surface area contributed by atoms with Gasteiger partial charge in [0.2, 0.25) is 0 Å². The fourth-order valence-corrected chi connectivity index (χ4v) is 1.74. The third-order valence-corrected chi connectivity index (χ3v) is 3.64. The SMILES string of the molecule is CCCCCCOC(=O)CCC(C)(C(C)=O)C(C)=O. The number of Topliss-reactive ketones (excluding diaryl/α,β-unsaturated/α-hetero) is 2. The first-order valence-corrected chi connectivity index (χ1v) is 7.02. The van der Waals surface area contributed by atoms with Crippen molar-refractivity contribution in [3.63, 3.8) is 0 Å². The minimum absolute atomic E-state index is 0.115. The first kappa shape index (κ1) is 17.8. The van der Waals surface area contributed by atoms with Gasteiger partial charge in [-0.2, -0.15) is 0 Å². The summed E-state index contributed by atoms with van der Waals surface area (Å²) >= 11 is 0. The highest BCUT2D eigenvalue weighted by Gasteiger charge is 2.35. The Morgan fingerprint density at radius 3 is 2.05 bits per heavy atom. The number of ketones is 2. The van der Waals surface area contributed by atoms with Crippen LogP contribution in [0.4, 0.5) is 0 Å². The van der Waals surface area contributed by atoms with Gasteiger partial charge in [0.15, 0.2) is 0 Å². The summed E-state index contributed by atoms with van der Waals surface area (Å²) in [5, 5.41) is 0. The number of hydrogen-bond acceptors (Lipinski definition) is 4. The van der Waals surface area contributed by atoms with Gasteiger partial charge in [-0.25, -0.2) is 0 Å². The molecule has 0 amide bonds. The molecule has 0 atom stereocenters. The number of esters is 1. The van der Waals surface area contributed by atoms with Crippen molar-refractivity contribution in [2.45, 2.75) is 66.2 Å². The van der Waals surface area contributed by atoms with Gasteiger partial charge in [0.1, 0.15) is 11.6 Å². The van der Waals surface area contributed by atoms with Gasteiger partial charge < -0.3 is 4.74 Å². The van der Waals surface area contributed by atoms with Crippen LogP contribution >= 0.6 is 0 Å². The predicted octanol–water partition coefficient (Wildman–Crippen LogP) is 3.07. The number of rotatable bonds is 10. The molecule has 0 spiro atoms. The molecule has 0 aromatic carbocycles. The van der Waals surface area contributed by atoms with Gasteiger partial charge >= 0.3 is 5.97 Å². The molecule has 0 aromatic heterocycles. The second-order valence-corrected chi connectivity index (χ2v) is 5.23. The van der Waals surface area contributed by atoms with Gasteiger partial charge in [0, 0.05) is 6.42 Å². The molecule has 110 valence electrons. The fourth-order valence-electron chi connectivity index (χ4n) is 1.74. The lowest BCUT2D eigenvalue weighted by Crippen LogP contribution is -2.34. The first-order chi connectivity index (χ1) is 8.84. The van der Waals surface area contributed by atoms with Crippen LogP contribution in [0.2, 0.25) is 0 Å². The Labute approximate surface area is 115 Å². The van der Waals surface area contributed by atoms with Crippen molar-refractivity contribution in [2.75, 3.05) is 6.61 Å². The van der Waals surface area contributed by atoms with Crippen LogP contribution in [0.5, 0.6) is 0 Å². The van der Waals surface area contributed by atoms with E-state index in [0.29, 0.717) is 6.61 Å². The van der Waals surface area contributed by atoms with Crippen molar-refractivity contribution in [1.29, 1.82) is 0 Å². The molecule has 0 unspecified atom stereocenters. The highest BCUT2D eigenvalue weighted by atomic mass is 16.5. The maximum absolute atomic E-state index is 11.5. The minimum atomic E-state index is -1.05. The van der Waals surface area contributed by atoms with Crippen LogP contribution in [0.3, 0.4) is 0 Å². The van der Waals surface area contributed by atoms with Crippen LogP contribution in [0.25, 0.3) is 0 Å². The van der Waals surface area contributed by atoms with E-state index < -0.39 is 5.41 Å². The molecule has 0 N–H and O–H groups in total. The Kier molecular flexibility index (Phi) is 8.28. The van der Waals surface area contributed by atoms with E-state index >= 15 is 0 Å². The molecule has 4 heteroatoms. The molecule has 0 aliphatic rings. The van der Waals surface area contributed by atoms with Crippen LogP contribution in [0, 0.1) is 5.41 Å². The summed E-state index contributed by atoms with van der Waals surface area (Å²) in [7, 11) is 0. The predicted molar refractivity (Wildman–Crippen MR) is 73.8 cm³/mol. The van der Waals surface area contributed by atoms with Gasteiger partial charge in [-0.05, 0) is 33.6 Å². The maximum Gasteiger partial charge on any atom is 0.305 e. The van der Waals surface area contributed by atoms with Crippen molar-refractivity contribution in [3.05, 3.63) is 0 Å². The lowest BCUT2D eigenvalue weighted by molar-refractivity contribution is -0.145. The molecular formula is C15H26O4. The Hall–Kier alpha value is -1.19. The molecule has 0 bridgehead atoms. The monoisotopic (exact) mass is 270 g/mol. The molecule has 19 heavy (non-hydrogen) atoms. The van der Waals surface area contributed by atoms with E-state index in [4.69, 9.17) is 4.74 Å². The highest BCUT2D eigenvalue weighted by molar-refractivity contribution is 6.04. The van der Waals surface area contributed by atoms with Gasteiger partial charge in [-0.1, -0.05) is 26.2 Å². The lowest BCUT2D eigenvalue weighted by atomic mass is 9.78. The molecule has 0 radical (unpaired) electrons. The molecule has 0 aromatic rings. The number of carbonyl (C=O) groups is 3. The van der Waals surface area contributed by atoms with Crippen LogP contribution < -0.4 is 0 Å². The van der Waals surface area contributed by atoms with Crippen LogP contribution in [-0.4, -0.2) is 24.1 Å². The minimum Gasteiger partial charge on any atom is -0.466 e. The topological polar surface area (TPSA) is 60.4 Å². The van der Waals surface area contributed by atoms with E-state index in [1.807, 2.05) is 0 Å². The Morgan fingerprint density at radius 1 is 1.00 bits per heavy atom. The summed E-state index contributed by atoms with van der Waals surface area (Å²) in [4.78, 5) is 34.5. The largest absolute Gasteiger partial charge is 0.466 e. The molecule has 0 heterocycles. The molecule has 0 rings (SSSR count). The number of carbonyl (C=O) groups excluding carboxylic acids is 3. The third-order valence-electron chi connectivity index (χ3n) is 3.64. The summed E-state index contributed by atoms with van der Waals surface area (Å²) in [5.74, 6) is -0.725. The van der Waals surface area contributed by atoms with Crippen molar-refractivity contribution in [1.82, 2.24) is 0 Å². The van der Waals surface area contributed by atoms with Crippen molar-refractivity contribution < 1.29 is 19.1 Å². The maximum atomic E-state index is 11.5. The molecular weight excluding hydrogens is 244 g/mol. The normalized spacial score (nSPS) is 11.2. The summed E-state index contributed by atoms with van der Waals surface area (Å²) in [5.41, 5.74) is -1.05. The van der Waals surface area contributed by atoms with Gasteiger partial charge in [-0.15, -0.1) is 0 Å². The Bertz CT molecular complexity index is 306. The van der Waals surface area contributed by atoms with E-state index in [2.05, 4.69) is 6.92 Å². The quantitative estimate of drug-likeness (QED) is 0.348. The standard InChI is InChI=1S/C15H26O4/c1-5-6-7-8-11-19-14(18)9-10-15(4,12(2)16)13(3)17/h5-11H2,1-4H3. The van der Waals surface area contributed by atoms with Crippen LogP contribution in [-0.2, 0) is 19.1 Å². The number of ether oxygens (including phenoxy) is 1. The summed E-state index contributed by atoms with van der Waals surface area (Å²) in [6, 6.07) is 0. The average Bonchev–Trinajstić information content (AvgIpc) is 2.35. The zero-order valence-electron chi connectivity index (χ0n) is 12.6. The molecule has 0 saturated heterocycles. The third kappa shape index (κ3) is 6.50. The average molecular weight is 270 g/mol. The molecule has 0 aliphatic heterocycles. The second-order valence-electron chi connectivity index (χ2n) is 5.23. The van der Waals surface area contributed by atoms with Gasteiger partial charge in [-0.3, -0.25) is 14.4 Å². The smallest absolute Gasteiger partial charge is 0.305 e. The number of hydrogen-bond donors (Lipinski definition) is 0. The van der Waals surface area contributed by atoms with E-state index in [1.54, 1.807) is 6.92 Å². The van der Waals surface area contributed by atoms with E-state index in [9.17, 15) is 14.4 Å². The van der Waals surface area contributed by atoms with E-state index in [-0.39, 0.29) is 30.4 Å². The molecule has 0 aliphatic carbocycles. The summed E-state index contributed by atoms with van der Waals surface area (Å²) in [6.07, 6.45) is 4.56. The van der Waals surface area contributed by atoms with Crippen molar-refractivity contribution in [2.24, 2.45) is 5.41 Å². The summed E-state index contributed by atoms with van der Waals surface area (Å²) < 4.78 is 5.08. The fraction of sp³-hybridized carbons (Fsp3) is 0.800. The lowest BCUT2D eigenvalue weighted by Gasteiger charge is -2.22. The van der Waals surface area contributed by atoms with E-state index in [0.717, 1.165) is 25.7 Å². The Morgan fingerprint density at radius 2 is 1.58 bits per heavy atom. The van der Waals surface area contributed by atoms with Crippen LogP contribution in [0.15, 0.2) is 0 Å². The highest BCUT2D eigenvalue weighted by Crippen LogP contribution is 2.26. The van der Waals surface area contributed by atoms with E-state index in [1.165, 1.54) is 13.8 Å². The molecule has 4 nitrogen and oxygen atoms in total. The zero-order chi connectivity index (χ0) is 14.9. The number of unbranched alkanes of at least 4 members (excludes halogenated alkanes) is 3. The van der Waals surface area contributed by atoms with Crippen molar-refractivity contribution >= 4 is 17.5 Å². The molecule has 0 fully saturated rings. The van der Waals surface area contributed by atoms with Gasteiger partial charge in [0.05, 0.1) is 12.0 Å². The zero-order valence-corrected chi connectivity index (χ0v) is 12.6. The van der Waals surface area contributed by atoms with Gasteiger partial charge in [0.25, 0.3) is 0 Å². The van der Waals surface area contributed by atoms with Crippen molar-refractivity contribution in [3.8, 4) is 0 Å². The Balaban J connectivity index is 4.01.